The number of nitrogens with one attached hydrogen (secondary N) is 1. The van der Waals surface area contributed by atoms with Gasteiger partial charge < -0.3 is 10.1 Å². The molecule has 0 radical (unpaired) electrons. The van der Waals surface area contributed by atoms with E-state index < -0.39 is 0 Å². The molecule has 0 spiro atoms. The molecule has 1 aromatic heterocycles. The molecular formula is C12H12BrN3O. The van der Waals surface area contributed by atoms with Crippen LogP contribution < -0.4 is 5.32 Å². The van der Waals surface area contributed by atoms with Gasteiger partial charge in [0.05, 0.1) is 11.1 Å². The fourth-order valence-electron chi connectivity index (χ4n) is 1.41. The Balaban J connectivity index is 2.12. The minimum Gasteiger partial charge on any atom is -0.380 e. The quantitative estimate of drug-likeness (QED) is 0.941. The van der Waals surface area contributed by atoms with Crippen molar-refractivity contribution in [3.8, 4) is 0 Å². The van der Waals surface area contributed by atoms with Gasteiger partial charge in [-0.2, -0.15) is 0 Å². The number of hydrogen-bond donors (Lipinski definition) is 1. The summed E-state index contributed by atoms with van der Waals surface area (Å²) in [6.07, 6.45) is 3.41. The normalized spacial score (nSPS) is 10.2. The van der Waals surface area contributed by atoms with Gasteiger partial charge in [-0.3, -0.25) is 0 Å². The maximum atomic E-state index is 5.08. The van der Waals surface area contributed by atoms with Crippen LogP contribution in [0.5, 0.6) is 0 Å². The first kappa shape index (κ1) is 12.0. The zero-order valence-corrected chi connectivity index (χ0v) is 10.9. The number of methoxy groups -OCH3 is 1. The monoisotopic (exact) mass is 293 g/mol. The first-order valence-corrected chi connectivity index (χ1v) is 5.89. The zero-order valence-electron chi connectivity index (χ0n) is 9.35. The van der Waals surface area contributed by atoms with Gasteiger partial charge in [-0.15, -0.1) is 0 Å². The molecule has 0 fully saturated rings. The molecule has 0 atom stereocenters. The summed E-state index contributed by atoms with van der Waals surface area (Å²) in [4.78, 5) is 8.30. The Kier molecular flexibility index (Phi) is 4.06. The van der Waals surface area contributed by atoms with Crippen LogP contribution in [0.2, 0.25) is 0 Å². The van der Waals surface area contributed by atoms with Gasteiger partial charge in [0.2, 0.25) is 5.95 Å². The SMILES string of the molecule is COCc1cccc(Nc2ncc(Br)cn2)c1. The molecule has 5 heteroatoms. The van der Waals surface area contributed by atoms with Crippen LogP contribution >= 0.6 is 15.9 Å². The van der Waals surface area contributed by atoms with Crippen LogP contribution in [0.4, 0.5) is 11.6 Å². The summed E-state index contributed by atoms with van der Waals surface area (Å²) in [5.41, 5.74) is 2.05. The van der Waals surface area contributed by atoms with E-state index in [2.05, 4.69) is 31.2 Å². The van der Waals surface area contributed by atoms with Crippen LogP contribution in [0.25, 0.3) is 0 Å². The second-order valence-corrected chi connectivity index (χ2v) is 4.40. The highest BCUT2D eigenvalue weighted by molar-refractivity contribution is 9.10. The van der Waals surface area contributed by atoms with Gasteiger partial charge in [-0.1, -0.05) is 12.1 Å². The van der Waals surface area contributed by atoms with Gasteiger partial charge in [0, 0.05) is 25.2 Å². The number of benzene rings is 1. The summed E-state index contributed by atoms with van der Waals surface area (Å²) in [6.45, 7) is 0.594. The van der Waals surface area contributed by atoms with Crippen molar-refractivity contribution < 1.29 is 4.74 Å². The second-order valence-electron chi connectivity index (χ2n) is 3.48. The van der Waals surface area contributed by atoms with Crippen molar-refractivity contribution >= 4 is 27.6 Å². The lowest BCUT2D eigenvalue weighted by Crippen LogP contribution is -1.97. The van der Waals surface area contributed by atoms with Crippen molar-refractivity contribution in [3.63, 3.8) is 0 Å². The summed E-state index contributed by atoms with van der Waals surface area (Å²) in [7, 11) is 1.68. The van der Waals surface area contributed by atoms with Gasteiger partial charge >= 0.3 is 0 Å². The molecule has 17 heavy (non-hydrogen) atoms. The van der Waals surface area contributed by atoms with Crippen LogP contribution in [-0.4, -0.2) is 17.1 Å². The topological polar surface area (TPSA) is 47.0 Å². The summed E-state index contributed by atoms with van der Waals surface area (Å²) in [5.74, 6) is 0.572. The maximum absolute atomic E-state index is 5.08. The molecule has 0 saturated heterocycles. The average Bonchev–Trinajstić information content (AvgIpc) is 2.33. The third kappa shape index (κ3) is 3.51. The molecule has 0 saturated carbocycles. The van der Waals surface area contributed by atoms with E-state index >= 15 is 0 Å². The molecular weight excluding hydrogens is 282 g/mol. The minimum atomic E-state index is 0.572. The maximum Gasteiger partial charge on any atom is 0.227 e. The lowest BCUT2D eigenvalue weighted by atomic mass is 10.2. The van der Waals surface area contributed by atoms with E-state index in [-0.39, 0.29) is 0 Å². The van der Waals surface area contributed by atoms with E-state index in [9.17, 15) is 0 Å². The molecule has 2 rings (SSSR count). The molecule has 0 amide bonds. The molecule has 4 nitrogen and oxygen atoms in total. The Morgan fingerprint density at radius 2 is 2.06 bits per heavy atom. The van der Waals surface area contributed by atoms with Crippen molar-refractivity contribution in [1.82, 2.24) is 9.97 Å². The van der Waals surface area contributed by atoms with Crippen molar-refractivity contribution in [3.05, 3.63) is 46.7 Å². The molecule has 0 aliphatic carbocycles. The smallest absolute Gasteiger partial charge is 0.227 e. The summed E-state index contributed by atoms with van der Waals surface area (Å²) < 4.78 is 5.94. The number of halogens is 1. The number of ether oxygens (including phenoxy) is 1. The van der Waals surface area contributed by atoms with Crippen molar-refractivity contribution in [2.24, 2.45) is 0 Å². The van der Waals surface area contributed by atoms with Crippen molar-refractivity contribution in [1.29, 1.82) is 0 Å². The predicted molar refractivity (Wildman–Crippen MR) is 70.2 cm³/mol. The Bertz CT molecular complexity index is 487. The zero-order chi connectivity index (χ0) is 12.1. The van der Waals surface area contributed by atoms with Gasteiger partial charge in [-0.05, 0) is 33.6 Å². The van der Waals surface area contributed by atoms with Gasteiger partial charge in [0.15, 0.2) is 0 Å². The molecule has 1 heterocycles. The average molecular weight is 294 g/mol. The van der Waals surface area contributed by atoms with E-state index in [0.29, 0.717) is 12.6 Å². The highest BCUT2D eigenvalue weighted by Crippen LogP contribution is 2.16. The van der Waals surface area contributed by atoms with Gasteiger partial charge in [0.25, 0.3) is 0 Å². The Morgan fingerprint density at radius 3 is 2.76 bits per heavy atom. The molecule has 0 aliphatic rings. The summed E-state index contributed by atoms with van der Waals surface area (Å²) in [5, 5.41) is 3.13. The molecule has 0 unspecified atom stereocenters. The number of rotatable bonds is 4. The van der Waals surface area contributed by atoms with Crippen molar-refractivity contribution in [2.45, 2.75) is 6.61 Å². The minimum absolute atomic E-state index is 0.572. The number of hydrogen-bond acceptors (Lipinski definition) is 4. The van der Waals surface area contributed by atoms with Gasteiger partial charge in [-0.25, -0.2) is 9.97 Å². The number of anilines is 2. The van der Waals surface area contributed by atoms with E-state index in [1.165, 1.54) is 0 Å². The predicted octanol–water partition coefficient (Wildman–Crippen LogP) is 3.13. The first-order valence-electron chi connectivity index (χ1n) is 5.10. The second kappa shape index (κ2) is 5.75. The number of aromatic nitrogens is 2. The highest BCUT2D eigenvalue weighted by Gasteiger charge is 1.99. The first-order chi connectivity index (χ1) is 8.28. The fraction of sp³-hybridized carbons (Fsp3) is 0.167. The van der Waals surface area contributed by atoms with E-state index in [4.69, 9.17) is 4.74 Å². The summed E-state index contributed by atoms with van der Waals surface area (Å²) in [6, 6.07) is 7.95. The van der Waals surface area contributed by atoms with Crippen LogP contribution in [0, 0.1) is 0 Å². The van der Waals surface area contributed by atoms with Crippen LogP contribution in [0.1, 0.15) is 5.56 Å². The van der Waals surface area contributed by atoms with Crippen LogP contribution in [0.3, 0.4) is 0 Å². The third-order valence-corrected chi connectivity index (χ3v) is 2.52. The standard InChI is InChI=1S/C12H12BrN3O/c1-17-8-9-3-2-4-11(5-9)16-12-14-6-10(13)7-15-12/h2-7H,8H2,1H3,(H,14,15,16). The largest absolute Gasteiger partial charge is 0.380 e. The lowest BCUT2D eigenvalue weighted by Gasteiger charge is -2.06. The van der Waals surface area contributed by atoms with E-state index in [0.717, 1.165) is 15.7 Å². The lowest BCUT2D eigenvalue weighted by molar-refractivity contribution is 0.185. The third-order valence-electron chi connectivity index (χ3n) is 2.11. The molecule has 0 aliphatic heterocycles. The molecule has 0 bridgehead atoms. The molecule has 2 aromatic rings. The van der Waals surface area contributed by atoms with Gasteiger partial charge in [0.1, 0.15) is 0 Å². The van der Waals surface area contributed by atoms with E-state index in [1.807, 2.05) is 24.3 Å². The van der Waals surface area contributed by atoms with Crippen LogP contribution in [0.15, 0.2) is 41.1 Å². The molecule has 1 aromatic carbocycles. The van der Waals surface area contributed by atoms with Crippen LogP contribution in [-0.2, 0) is 11.3 Å². The van der Waals surface area contributed by atoms with E-state index in [1.54, 1.807) is 19.5 Å². The summed E-state index contributed by atoms with van der Waals surface area (Å²) >= 11 is 3.29. The Labute approximate surface area is 108 Å². The van der Waals surface area contributed by atoms with Crippen molar-refractivity contribution in [2.75, 3.05) is 12.4 Å². The number of nitrogens with zero attached hydrogens (tertiary/aromatic N) is 2. The molecule has 88 valence electrons. The fourth-order valence-corrected chi connectivity index (χ4v) is 1.62. The molecule has 1 N–H and O–H groups in total. The Morgan fingerprint density at radius 1 is 1.29 bits per heavy atom. The highest BCUT2D eigenvalue weighted by atomic mass is 79.9. The Hall–Kier alpha value is -1.46.